The molecule has 0 unspecified atom stereocenters. The first-order chi connectivity index (χ1) is 11.7. The SMILES string of the molecule is CC(C)CNS(=O)(=O)c1ccc(NC(=O)c2ccc(F)c(F)c2)cc1. The molecular formula is C17H18F2N2O3S. The average Bonchev–Trinajstić information content (AvgIpc) is 2.56. The number of benzene rings is 2. The van der Waals surface area contributed by atoms with Crippen LogP contribution in [0.3, 0.4) is 0 Å². The Bertz CT molecular complexity index is 866. The number of hydrogen-bond acceptors (Lipinski definition) is 3. The molecule has 0 atom stereocenters. The van der Waals surface area contributed by atoms with Crippen molar-refractivity contribution in [3.05, 3.63) is 59.7 Å². The van der Waals surface area contributed by atoms with Gasteiger partial charge in [-0.3, -0.25) is 4.79 Å². The molecule has 0 saturated heterocycles. The Hall–Kier alpha value is -2.32. The quantitative estimate of drug-likeness (QED) is 0.822. The molecule has 0 aliphatic rings. The van der Waals surface area contributed by atoms with Gasteiger partial charge < -0.3 is 5.32 Å². The third-order valence-electron chi connectivity index (χ3n) is 3.29. The molecule has 134 valence electrons. The lowest BCUT2D eigenvalue weighted by atomic mass is 10.2. The van der Waals surface area contributed by atoms with Gasteiger partial charge in [0.2, 0.25) is 10.0 Å². The number of sulfonamides is 1. The predicted molar refractivity (Wildman–Crippen MR) is 90.8 cm³/mol. The van der Waals surface area contributed by atoms with E-state index in [9.17, 15) is 22.0 Å². The van der Waals surface area contributed by atoms with Crippen molar-refractivity contribution >= 4 is 21.6 Å². The molecule has 2 aromatic carbocycles. The number of halogens is 2. The van der Waals surface area contributed by atoms with Crippen molar-refractivity contribution in [1.29, 1.82) is 0 Å². The molecule has 0 fully saturated rings. The molecule has 8 heteroatoms. The molecule has 2 N–H and O–H groups in total. The van der Waals surface area contributed by atoms with E-state index in [4.69, 9.17) is 0 Å². The molecule has 0 aliphatic heterocycles. The normalized spacial score (nSPS) is 11.6. The number of anilines is 1. The minimum atomic E-state index is -3.62. The molecular weight excluding hydrogens is 350 g/mol. The van der Waals surface area contributed by atoms with Crippen molar-refractivity contribution in [2.75, 3.05) is 11.9 Å². The van der Waals surface area contributed by atoms with Crippen molar-refractivity contribution in [1.82, 2.24) is 4.72 Å². The Kier molecular flexibility index (Phi) is 5.86. The van der Waals surface area contributed by atoms with E-state index < -0.39 is 27.6 Å². The van der Waals surface area contributed by atoms with Crippen molar-refractivity contribution in [3.63, 3.8) is 0 Å². The Morgan fingerprint density at radius 1 is 1.04 bits per heavy atom. The highest BCUT2D eigenvalue weighted by atomic mass is 32.2. The zero-order valence-corrected chi connectivity index (χ0v) is 14.5. The number of rotatable bonds is 6. The van der Waals surface area contributed by atoms with E-state index in [-0.39, 0.29) is 16.4 Å². The summed E-state index contributed by atoms with van der Waals surface area (Å²) in [4.78, 5) is 12.1. The van der Waals surface area contributed by atoms with E-state index >= 15 is 0 Å². The predicted octanol–water partition coefficient (Wildman–Crippen LogP) is 3.15. The summed E-state index contributed by atoms with van der Waals surface area (Å²) in [5, 5.41) is 2.49. The summed E-state index contributed by atoms with van der Waals surface area (Å²) in [6.45, 7) is 4.09. The van der Waals surface area contributed by atoms with Crippen LogP contribution in [0.25, 0.3) is 0 Å². The molecule has 0 spiro atoms. The van der Waals surface area contributed by atoms with Crippen LogP contribution >= 0.6 is 0 Å². The summed E-state index contributed by atoms with van der Waals surface area (Å²) in [6, 6.07) is 8.35. The van der Waals surface area contributed by atoms with Crippen molar-refractivity contribution in [2.45, 2.75) is 18.7 Å². The van der Waals surface area contributed by atoms with Crippen LogP contribution in [0.5, 0.6) is 0 Å². The highest BCUT2D eigenvalue weighted by Gasteiger charge is 2.15. The van der Waals surface area contributed by atoms with Crippen molar-refractivity contribution in [2.24, 2.45) is 5.92 Å². The van der Waals surface area contributed by atoms with E-state index in [0.717, 1.165) is 18.2 Å². The fourth-order valence-corrected chi connectivity index (χ4v) is 3.13. The number of carbonyl (C=O) groups excluding carboxylic acids is 1. The summed E-state index contributed by atoms with van der Waals surface area (Å²) in [6.07, 6.45) is 0. The van der Waals surface area contributed by atoms with E-state index in [1.165, 1.54) is 24.3 Å². The maximum Gasteiger partial charge on any atom is 0.255 e. The topological polar surface area (TPSA) is 75.3 Å². The molecule has 25 heavy (non-hydrogen) atoms. The van der Waals surface area contributed by atoms with Crippen LogP contribution in [-0.4, -0.2) is 20.9 Å². The van der Waals surface area contributed by atoms with Gasteiger partial charge in [-0.25, -0.2) is 21.9 Å². The van der Waals surface area contributed by atoms with Gasteiger partial charge in [-0.1, -0.05) is 13.8 Å². The van der Waals surface area contributed by atoms with Crippen molar-refractivity contribution < 1.29 is 22.0 Å². The fourth-order valence-electron chi connectivity index (χ4n) is 1.92. The zero-order valence-electron chi connectivity index (χ0n) is 13.7. The summed E-state index contributed by atoms with van der Waals surface area (Å²) in [7, 11) is -3.62. The summed E-state index contributed by atoms with van der Waals surface area (Å²) < 4.78 is 52.7. The second-order valence-corrected chi connectivity index (χ2v) is 7.62. The van der Waals surface area contributed by atoms with Gasteiger partial charge in [-0.15, -0.1) is 0 Å². The Balaban J connectivity index is 2.09. The van der Waals surface area contributed by atoms with Crippen molar-refractivity contribution in [3.8, 4) is 0 Å². The maximum atomic E-state index is 13.2. The molecule has 0 saturated carbocycles. The van der Waals surface area contributed by atoms with Gasteiger partial charge in [0, 0.05) is 17.8 Å². The first-order valence-corrected chi connectivity index (χ1v) is 9.03. The summed E-state index contributed by atoms with van der Waals surface area (Å²) >= 11 is 0. The van der Waals surface area contributed by atoms with Gasteiger partial charge in [0.1, 0.15) is 0 Å². The van der Waals surface area contributed by atoms with E-state index in [1.807, 2.05) is 13.8 Å². The summed E-state index contributed by atoms with van der Waals surface area (Å²) in [5.74, 6) is -2.62. The monoisotopic (exact) mass is 368 g/mol. The van der Waals surface area contributed by atoms with Crippen LogP contribution in [0, 0.1) is 17.6 Å². The van der Waals surface area contributed by atoms with Gasteiger partial charge in [0.05, 0.1) is 4.90 Å². The standard InChI is InChI=1S/C17H18F2N2O3S/c1-11(2)10-20-25(23,24)14-6-4-13(5-7-14)21-17(22)12-3-8-15(18)16(19)9-12/h3-9,11,20H,10H2,1-2H3,(H,21,22). The lowest BCUT2D eigenvalue weighted by molar-refractivity contribution is 0.102. The third-order valence-corrected chi connectivity index (χ3v) is 4.73. The molecule has 5 nitrogen and oxygen atoms in total. The van der Waals surface area contributed by atoms with Crippen LogP contribution < -0.4 is 10.0 Å². The highest BCUT2D eigenvalue weighted by molar-refractivity contribution is 7.89. The molecule has 0 radical (unpaired) electrons. The second kappa shape index (κ2) is 7.71. The summed E-state index contributed by atoms with van der Waals surface area (Å²) in [5.41, 5.74) is 0.284. The molecule has 0 bridgehead atoms. The Labute approximate surface area is 145 Å². The van der Waals surface area contributed by atoms with Crippen LogP contribution in [-0.2, 0) is 10.0 Å². The minimum Gasteiger partial charge on any atom is -0.322 e. The van der Waals surface area contributed by atoms with Gasteiger partial charge in [-0.2, -0.15) is 0 Å². The smallest absolute Gasteiger partial charge is 0.255 e. The van der Waals surface area contributed by atoms with E-state index in [1.54, 1.807) is 0 Å². The van der Waals surface area contributed by atoms with Crippen LogP contribution in [0.2, 0.25) is 0 Å². The molecule has 0 aromatic heterocycles. The van der Waals surface area contributed by atoms with Gasteiger partial charge in [-0.05, 0) is 48.4 Å². The molecule has 0 heterocycles. The maximum absolute atomic E-state index is 13.2. The molecule has 2 aromatic rings. The number of amides is 1. The largest absolute Gasteiger partial charge is 0.322 e. The first-order valence-electron chi connectivity index (χ1n) is 7.55. The first kappa shape index (κ1) is 19.0. The van der Waals surface area contributed by atoms with Gasteiger partial charge >= 0.3 is 0 Å². The van der Waals surface area contributed by atoms with E-state index in [0.29, 0.717) is 12.2 Å². The molecule has 2 rings (SSSR count). The number of carbonyl (C=O) groups is 1. The molecule has 0 aliphatic carbocycles. The molecule has 1 amide bonds. The second-order valence-electron chi connectivity index (χ2n) is 5.85. The lowest BCUT2D eigenvalue weighted by Crippen LogP contribution is -2.27. The lowest BCUT2D eigenvalue weighted by Gasteiger charge is -2.10. The minimum absolute atomic E-state index is 0.0470. The fraction of sp³-hybridized carbons (Fsp3) is 0.235. The Morgan fingerprint density at radius 3 is 2.24 bits per heavy atom. The van der Waals surface area contributed by atoms with E-state index in [2.05, 4.69) is 10.0 Å². The van der Waals surface area contributed by atoms with Crippen LogP contribution in [0.15, 0.2) is 47.4 Å². The van der Waals surface area contributed by atoms with Crippen LogP contribution in [0.4, 0.5) is 14.5 Å². The Morgan fingerprint density at radius 2 is 1.68 bits per heavy atom. The number of nitrogens with one attached hydrogen (secondary N) is 2. The highest BCUT2D eigenvalue weighted by Crippen LogP contribution is 2.16. The zero-order chi connectivity index (χ0) is 18.6. The third kappa shape index (κ3) is 5.07. The van der Waals surface area contributed by atoms with Gasteiger partial charge in [0.15, 0.2) is 11.6 Å². The van der Waals surface area contributed by atoms with Gasteiger partial charge in [0.25, 0.3) is 5.91 Å². The van der Waals surface area contributed by atoms with Crippen LogP contribution in [0.1, 0.15) is 24.2 Å². The average molecular weight is 368 g/mol. The number of hydrogen-bond donors (Lipinski definition) is 2.